The highest BCUT2D eigenvalue weighted by atomic mass is 16.5. The smallest absolute Gasteiger partial charge is 0.251 e. The van der Waals surface area contributed by atoms with Gasteiger partial charge in [-0.15, -0.1) is 0 Å². The summed E-state index contributed by atoms with van der Waals surface area (Å²) in [6.07, 6.45) is 0. The van der Waals surface area contributed by atoms with Crippen LogP contribution in [0.2, 0.25) is 0 Å². The maximum Gasteiger partial charge on any atom is 0.251 e. The zero-order chi connectivity index (χ0) is 16.7. The second kappa shape index (κ2) is 8.19. The standard InChI is InChI=1S/C18H23N3O2/c1-13(14-6-4-3-5-7-14)21-17-9-8-15(12-16(17)19)18(22)20-10-11-23-2/h3-9,12-13,21H,10-11,19H2,1-2H3,(H,20,22)/t13-/m0/s1. The minimum atomic E-state index is -0.156. The van der Waals surface area contributed by atoms with Gasteiger partial charge in [0.2, 0.25) is 0 Å². The van der Waals surface area contributed by atoms with E-state index in [-0.39, 0.29) is 11.9 Å². The van der Waals surface area contributed by atoms with E-state index < -0.39 is 0 Å². The summed E-state index contributed by atoms with van der Waals surface area (Å²) in [5, 5.41) is 6.14. The second-order valence-corrected chi connectivity index (χ2v) is 5.33. The number of rotatable bonds is 7. The maximum atomic E-state index is 12.0. The van der Waals surface area contributed by atoms with Gasteiger partial charge in [0.05, 0.1) is 18.0 Å². The average molecular weight is 313 g/mol. The van der Waals surface area contributed by atoms with Gasteiger partial charge in [0.1, 0.15) is 0 Å². The lowest BCUT2D eigenvalue weighted by molar-refractivity contribution is 0.0937. The molecule has 2 rings (SSSR count). The highest BCUT2D eigenvalue weighted by Crippen LogP contribution is 2.25. The van der Waals surface area contributed by atoms with Crippen LogP contribution >= 0.6 is 0 Å². The number of methoxy groups -OCH3 is 1. The quantitative estimate of drug-likeness (QED) is 0.543. The molecule has 0 spiro atoms. The molecule has 0 bridgehead atoms. The first-order chi connectivity index (χ1) is 11.1. The van der Waals surface area contributed by atoms with Gasteiger partial charge < -0.3 is 21.1 Å². The molecule has 5 heteroatoms. The van der Waals surface area contributed by atoms with Crippen LogP contribution in [-0.2, 0) is 4.74 Å². The Morgan fingerprint density at radius 1 is 1.22 bits per heavy atom. The van der Waals surface area contributed by atoms with Gasteiger partial charge in [-0.25, -0.2) is 0 Å². The summed E-state index contributed by atoms with van der Waals surface area (Å²) < 4.78 is 4.91. The van der Waals surface area contributed by atoms with Crippen molar-refractivity contribution < 1.29 is 9.53 Å². The monoisotopic (exact) mass is 313 g/mol. The molecule has 0 aliphatic rings. The zero-order valence-corrected chi connectivity index (χ0v) is 13.5. The number of benzene rings is 2. The number of ether oxygens (including phenoxy) is 1. The number of hydrogen-bond acceptors (Lipinski definition) is 4. The lowest BCUT2D eigenvalue weighted by atomic mass is 10.1. The fourth-order valence-electron chi connectivity index (χ4n) is 2.26. The normalized spacial score (nSPS) is 11.7. The Bertz CT molecular complexity index is 644. The van der Waals surface area contributed by atoms with Gasteiger partial charge in [-0.05, 0) is 30.7 Å². The molecular formula is C18H23N3O2. The predicted molar refractivity (Wildman–Crippen MR) is 93.5 cm³/mol. The van der Waals surface area contributed by atoms with Crippen molar-refractivity contribution in [1.82, 2.24) is 5.32 Å². The van der Waals surface area contributed by atoms with Crippen molar-refractivity contribution in [2.75, 3.05) is 31.3 Å². The highest BCUT2D eigenvalue weighted by Gasteiger charge is 2.10. The molecule has 23 heavy (non-hydrogen) atoms. The molecule has 122 valence electrons. The Kier molecular flexibility index (Phi) is 6.00. The molecule has 0 saturated heterocycles. The molecule has 0 fully saturated rings. The molecule has 0 radical (unpaired) electrons. The van der Waals surface area contributed by atoms with Crippen LogP contribution < -0.4 is 16.4 Å². The molecule has 1 atom stereocenters. The summed E-state index contributed by atoms with van der Waals surface area (Å²) >= 11 is 0. The van der Waals surface area contributed by atoms with Gasteiger partial charge in [0.15, 0.2) is 0 Å². The highest BCUT2D eigenvalue weighted by molar-refractivity contribution is 5.96. The van der Waals surface area contributed by atoms with Crippen LogP contribution in [0, 0.1) is 0 Å². The predicted octanol–water partition coefficient (Wildman–Crippen LogP) is 2.82. The van der Waals surface area contributed by atoms with E-state index in [0.717, 1.165) is 5.69 Å². The van der Waals surface area contributed by atoms with E-state index in [1.165, 1.54) is 5.56 Å². The van der Waals surface area contributed by atoms with E-state index in [1.807, 2.05) is 24.3 Å². The Hall–Kier alpha value is -2.53. The Morgan fingerprint density at radius 2 is 1.96 bits per heavy atom. The van der Waals surface area contributed by atoms with Crippen LogP contribution in [0.15, 0.2) is 48.5 Å². The molecule has 0 unspecified atom stereocenters. The molecule has 4 N–H and O–H groups in total. The minimum absolute atomic E-state index is 0.125. The number of carbonyl (C=O) groups excluding carboxylic acids is 1. The van der Waals surface area contributed by atoms with Crippen molar-refractivity contribution >= 4 is 17.3 Å². The first-order valence-electron chi connectivity index (χ1n) is 7.60. The summed E-state index contributed by atoms with van der Waals surface area (Å²) in [6, 6.07) is 15.5. The third-order valence-corrected chi connectivity index (χ3v) is 3.58. The van der Waals surface area contributed by atoms with E-state index >= 15 is 0 Å². The number of amides is 1. The van der Waals surface area contributed by atoms with Crippen molar-refractivity contribution in [3.8, 4) is 0 Å². The lowest BCUT2D eigenvalue weighted by Gasteiger charge is -2.17. The zero-order valence-electron chi connectivity index (χ0n) is 13.5. The molecule has 0 aromatic heterocycles. The fourth-order valence-corrected chi connectivity index (χ4v) is 2.26. The van der Waals surface area contributed by atoms with Crippen molar-refractivity contribution in [2.45, 2.75) is 13.0 Å². The Balaban J connectivity index is 2.03. The molecule has 1 amide bonds. The van der Waals surface area contributed by atoms with Gasteiger partial charge in [0.25, 0.3) is 5.91 Å². The van der Waals surface area contributed by atoms with Crippen LogP contribution in [0.5, 0.6) is 0 Å². The van der Waals surface area contributed by atoms with Gasteiger partial charge >= 0.3 is 0 Å². The number of nitrogen functional groups attached to an aromatic ring is 1. The van der Waals surface area contributed by atoms with E-state index in [1.54, 1.807) is 19.2 Å². The lowest BCUT2D eigenvalue weighted by Crippen LogP contribution is -2.27. The summed E-state index contributed by atoms with van der Waals surface area (Å²) in [5.41, 5.74) is 9.15. The number of nitrogens with one attached hydrogen (secondary N) is 2. The Labute approximate surface area is 136 Å². The summed E-state index contributed by atoms with van der Waals surface area (Å²) in [7, 11) is 1.60. The fraction of sp³-hybridized carbons (Fsp3) is 0.278. The molecular weight excluding hydrogens is 290 g/mol. The van der Waals surface area contributed by atoms with Crippen molar-refractivity contribution in [3.05, 3.63) is 59.7 Å². The first kappa shape index (κ1) is 16.8. The molecule has 0 heterocycles. The van der Waals surface area contributed by atoms with Crippen LogP contribution in [0.4, 0.5) is 11.4 Å². The molecule has 5 nitrogen and oxygen atoms in total. The van der Waals surface area contributed by atoms with Crippen LogP contribution in [0.1, 0.15) is 28.9 Å². The van der Waals surface area contributed by atoms with Crippen LogP contribution in [0.3, 0.4) is 0 Å². The largest absolute Gasteiger partial charge is 0.397 e. The minimum Gasteiger partial charge on any atom is -0.397 e. The van der Waals surface area contributed by atoms with Crippen LogP contribution in [-0.4, -0.2) is 26.2 Å². The van der Waals surface area contributed by atoms with Gasteiger partial charge in [-0.1, -0.05) is 30.3 Å². The van der Waals surface area contributed by atoms with Gasteiger partial charge in [-0.2, -0.15) is 0 Å². The second-order valence-electron chi connectivity index (χ2n) is 5.33. The summed E-state index contributed by atoms with van der Waals surface area (Å²) in [6.45, 7) is 3.02. The number of hydrogen-bond donors (Lipinski definition) is 3. The molecule has 2 aromatic carbocycles. The molecule has 0 saturated carbocycles. The Morgan fingerprint density at radius 3 is 2.61 bits per heavy atom. The topological polar surface area (TPSA) is 76.4 Å². The summed E-state index contributed by atoms with van der Waals surface area (Å²) in [4.78, 5) is 12.0. The van der Waals surface area contributed by atoms with Crippen molar-refractivity contribution in [3.63, 3.8) is 0 Å². The van der Waals surface area contributed by atoms with E-state index in [0.29, 0.717) is 24.4 Å². The number of nitrogens with two attached hydrogens (primary N) is 1. The van der Waals surface area contributed by atoms with E-state index in [9.17, 15) is 4.79 Å². The van der Waals surface area contributed by atoms with Crippen molar-refractivity contribution in [2.24, 2.45) is 0 Å². The maximum absolute atomic E-state index is 12.0. The SMILES string of the molecule is COCCNC(=O)c1ccc(N[C@@H](C)c2ccccc2)c(N)c1. The van der Waals surface area contributed by atoms with E-state index in [2.05, 4.69) is 29.7 Å². The first-order valence-corrected chi connectivity index (χ1v) is 7.60. The van der Waals surface area contributed by atoms with Crippen molar-refractivity contribution in [1.29, 1.82) is 0 Å². The number of anilines is 2. The van der Waals surface area contributed by atoms with Gasteiger partial charge in [-0.3, -0.25) is 4.79 Å². The average Bonchev–Trinajstić information content (AvgIpc) is 2.57. The molecule has 0 aliphatic heterocycles. The van der Waals surface area contributed by atoms with Crippen LogP contribution in [0.25, 0.3) is 0 Å². The molecule has 0 aliphatic carbocycles. The molecule has 2 aromatic rings. The third kappa shape index (κ3) is 4.72. The van der Waals surface area contributed by atoms with Gasteiger partial charge in [0, 0.05) is 25.3 Å². The number of carbonyl (C=O) groups is 1. The summed E-state index contributed by atoms with van der Waals surface area (Å²) in [5.74, 6) is -0.156. The third-order valence-electron chi connectivity index (χ3n) is 3.58. The van der Waals surface area contributed by atoms with E-state index in [4.69, 9.17) is 10.5 Å².